The molecule has 3 nitrogen and oxygen atoms in total. The Morgan fingerprint density at radius 3 is 2.73 bits per heavy atom. The number of benzene rings is 1. The molecule has 0 aromatic heterocycles. The van der Waals surface area contributed by atoms with Crippen molar-refractivity contribution in [3.05, 3.63) is 28.2 Å². The minimum atomic E-state index is -0.538. The number of anilines is 1. The maximum Gasteiger partial charge on any atom is 0.0945 e. The van der Waals surface area contributed by atoms with Crippen molar-refractivity contribution in [3.63, 3.8) is 0 Å². The standard InChI is InChI=1S/C10H13Cl2NO2/c1-15-6-8(14)5-13-7-2-3-9(11)10(12)4-7/h2-4,8,13-14H,5-6H2,1H3. The van der Waals surface area contributed by atoms with Crippen molar-refractivity contribution in [1.82, 2.24) is 0 Å². The van der Waals surface area contributed by atoms with E-state index in [9.17, 15) is 5.11 Å². The molecule has 0 radical (unpaired) electrons. The van der Waals surface area contributed by atoms with Gasteiger partial charge in [-0.15, -0.1) is 0 Å². The Kier molecular flexibility index (Phi) is 5.19. The second-order valence-electron chi connectivity index (χ2n) is 3.12. The summed E-state index contributed by atoms with van der Waals surface area (Å²) < 4.78 is 4.80. The molecule has 0 aliphatic rings. The highest BCUT2D eigenvalue weighted by Gasteiger charge is 2.04. The highest BCUT2D eigenvalue weighted by Crippen LogP contribution is 2.24. The van der Waals surface area contributed by atoms with E-state index in [4.69, 9.17) is 27.9 Å². The van der Waals surface area contributed by atoms with Gasteiger partial charge in [0.15, 0.2) is 0 Å². The van der Waals surface area contributed by atoms with Crippen LogP contribution in [0.5, 0.6) is 0 Å². The summed E-state index contributed by atoms with van der Waals surface area (Å²) in [6, 6.07) is 5.21. The summed E-state index contributed by atoms with van der Waals surface area (Å²) in [7, 11) is 1.54. The molecule has 0 amide bonds. The molecule has 0 aliphatic heterocycles. The lowest BCUT2D eigenvalue weighted by Gasteiger charge is -2.12. The zero-order valence-electron chi connectivity index (χ0n) is 8.34. The van der Waals surface area contributed by atoms with Crippen LogP contribution in [0.4, 0.5) is 5.69 Å². The maximum absolute atomic E-state index is 9.39. The van der Waals surface area contributed by atoms with Gasteiger partial charge in [-0.1, -0.05) is 23.2 Å². The Labute approximate surface area is 99.0 Å². The number of halogens is 2. The fourth-order valence-electron chi connectivity index (χ4n) is 1.09. The number of ether oxygens (including phenoxy) is 1. The third-order valence-corrected chi connectivity index (χ3v) is 2.56. The van der Waals surface area contributed by atoms with Crippen molar-refractivity contribution in [2.45, 2.75) is 6.10 Å². The van der Waals surface area contributed by atoms with Gasteiger partial charge >= 0.3 is 0 Å². The molecule has 15 heavy (non-hydrogen) atoms. The quantitative estimate of drug-likeness (QED) is 0.843. The first-order chi connectivity index (χ1) is 7.13. The summed E-state index contributed by atoms with van der Waals surface area (Å²) in [6.07, 6.45) is -0.538. The van der Waals surface area contributed by atoms with E-state index < -0.39 is 6.10 Å². The van der Waals surface area contributed by atoms with Crippen LogP contribution in [-0.4, -0.2) is 31.5 Å². The summed E-state index contributed by atoms with van der Waals surface area (Å²) in [5, 5.41) is 13.4. The highest BCUT2D eigenvalue weighted by molar-refractivity contribution is 6.42. The molecule has 0 heterocycles. The minimum Gasteiger partial charge on any atom is -0.389 e. The van der Waals surface area contributed by atoms with Gasteiger partial charge in [-0.05, 0) is 18.2 Å². The Balaban J connectivity index is 2.47. The maximum atomic E-state index is 9.39. The zero-order valence-corrected chi connectivity index (χ0v) is 9.85. The summed E-state index contributed by atoms with van der Waals surface area (Å²) in [5.41, 5.74) is 0.819. The summed E-state index contributed by atoms with van der Waals surface area (Å²) >= 11 is 11.6. The van der Waals surface area contributed by atoms with Gasteiger partial charge in [0.05, 0.1) is 22.8 Å². The van der Waals surface area contributed by atoms with Crippen LogP contribution in [0.1, 0.15) is 0 Å². The lowest BCUT2D eigenvalue weighted by atomic mass is 10.3. The van der Waals surface area contributed by atoms with Gasteiger partial charge in [0.25, 0.3) is 0 Å². The van der Waals surface area contributed by atoms with Crippen LogP contribution in [-0.2, 0) is 4.74 Å². The molecule has 0 spiro atoms. The third-order valence-electron chi connectivity index (χ3n) is 1.82. The number of aliphatic hydroxyl groups excluding tert-OH is 1. The van der Waals surface area contributed by atoms with Gasteiger partial charge in [-0.3, -0.25) is 0 Å². The molecule has 1 rings (SSSR count). The molecular formula is C10H13Cl2NO2. The molecular weight excluding hydrogens is 237 g/mol. The lowest BCUT2D eigenvalue weighted by molar-refractivity contribution is 0.0727. The molecule has 5 heteroatoms. The van der Waals surface area contributed by atoms with Gasteiger partial charge in [0.2, 0.25) is 0 Å². The number of hydrogen-bond donors (Lipinski definition) is 2. The fourth-order valence-corrected chi connectivity index (χ4v) is 1.39. The molecule has 1 atom stereocenters. The number of rotatable bonds is 5. The minimum absolute atomic E-state index is 0.300. The molecule has 2 N–H and O–H groups in total. The van der Waals surface area contributed by atoms with Crippen LogP contribution in [0.15, 0.2) is 18.2 Å². The van der Waals surface area contributed by atoms with Crippen molar-refractivity contribution >= 4 is 28.9 Å². The van der Waals surface area contributed by atoms with Gasteiger partial charge in [0, 0.05) is 19.3 Å². The predicted octanol–water partition coefficient (Wildman–Crippen LogP) is 2.41. The van der Waals surface area contributed by atoms with Crippen molar-refractivity contribution in [2.24, 2.45) is 0 Å². The molecule has 1 unspecified atom stereocenters. The number of methoxy groups -OCH3 is 1. The van der Waals surface area contributed by atoms with Crippen molar-refractivity contribution in [2.75, 3.05) is 25.6 Å². The van der Waals surface area contributed by atoms with Crippen LogP contribution >= 0.6 is 23.2 Å². The molecule has 0 aliphatic carbocycles. The van der Waals surface area contributed by atoms with E-state index in [0.29, 0.717) is 23.2 Å². The molecule has 0 fully saturated rings. The van der Waals surface area contributed by atoms with Gasteiger partial charge in [-0.2, -0.15) is 0 Å². The first-order valence-electron chi connectivity index (χ1n) is 4.49. The Hall–Kier alpha value is -0.480. The van der Waals surface area contributed by atoms with E-state index >= 15 is 0 Å². The monoisotopic (exact) mass is 249 g/mol. The number of nitrogens with one attached hydrogen (secondary N) is 1. The zero-order chi connectivity index (χ0) is 11.3. The Morgan fingerprint density at radius 1 is 1.40 bits per heavy atom. The number of aliphatic hydroxyl groups is 1. The van der Waals surface area contributed by atoms with Crippen molar-refractivity contribution in [3.8, 4) is 0 Å². The molecule has 0 saturated carbocycles. The summed E-state index contributed by atoms with van der Waals surface area (Å²) in [4.78, 5) is 0. The second-order valence-corrected chi connectivity index (χ2v) is 3.93. The van der Waals surface area contributed by atoms with Crippen molar-refractivity contribution in [1.29, 1.82) is 0 Å². The Morgan fingerprint density at radius 2 is 2.13 bits per heavy atom. The van der Waals surface area contributed by atoms with E-state index in [2.05, 4.69) is 5.32 Å². The van der Waals surface area contributed by atoms with E-state index in [1.165, 1.54) is 0 Å². The molecule has 1 aromatic rings. The van der Waals surface area contributed by atoms with E-state index in [-0.39, 0.29) is 0 Å². The Bertz CT molecular complexity index is 320. The van der Waals surface area contributed by atoms with Gasteiger partial charge in [-0.25, -0.2) is 0 Å². The average molecular weight is 250 g/mol. The molecule has 1 aromatic carbocycles. The van der Waals surface area contributed by atoms with Gasteiger partial charge in [0.1, 0.15) is 0 Å². The van der Waals surface area contributed by atoms with Crippen LogP contribution in [0, 0.1) is 0 Å². The van der Waals surface area contributed by atoms with Crippen LogP contribution in [0.2, 0.25) is 10.0 Å². The normalized spacial score (nSPS) is 12.5. The fraction of sp³-hybridized carbons (Fsp3) is 0.400. The van der Waals surface area contributed by atoms with Gasteiger partial charge < -0.3 is 15.2 Å². The third kappa shape index (κ3) is 4.26. The van der Waals surface area contributed by atoms with E-state index in [0.717, 1.165) is 5.69 Å². The van der Waals surface area contributed by atoms with Crippen molar-refractivity contribution < 1.29 is 9.84 Å². The average Bonchev–Trinajstić information content (AvgIpc) is 2.20. The molecule has 0 bridgehead atoms. The first-order valence-corrected chi connectivity index (χ1v) is 5.25. The second kappa shape index (κ2) is 6.18. The summed E-state index contributed by atoms with van der Waals surface area (Å²) in [5.74, 6) is 0. The number of hydrogen-bond acceptors (Lipinski definition) is 3. The van der Waals surface area contributed by atoms with E-state index in [1.54, 1.807) is 25.3 Å². The summed E-state index contributed by atoms with van der Waals surface area (Å²) in [6.45, 7) is 0.708. The highest BCUT2D eigenvalue weighted by atomic mass is 35.5. The van der Waals surface area contributed by atoms with E-state index in [1.807, 2.05) is 0 Å². The van der Waals surface area contributed by atoms with Crippen LogP contribution in [0.25, 0.3) is 0 Å². The van der Waals surface area contributed by atoms with Crippen LogP contribution in [0.3, 0.4) is 0 Å². The lowest BCUT2D eigenvalue weighted by Crippen LogP contribution is -2.24. The SMILES string of the molecule is COCC(O)CNc1ccc(Cl)c(Cl)c1. The smallest absolute Gasteiger partial charge is 0.0945 e. The predicted molar refractivity (Wildman–Crippen MR) is 62.8 cm³/mol. The molecule has 0 saturated heterocycles. The largest absolute Gasteiger partial charge is 0.389 e. The first kappa shape index (κ1) is 12.6. The molecule has 84 valence electrons. The topological polar surface area (TPSA) is 41.5 Å². The van der Waals surface area contributed by atoms with Crippen LogP contribution < -0.4 is 5.32 Å².